The number of imidazole rings is 1. The van der Waals surface area contributed by atoms with E-state index < -0.39 is 70.0 Å². The normalized spacial score (nSPS) is 30.1. The first kappa shape index (κ1) is 96.1. The van der Waals surface area contributed by atoms with Gasteiger partial charge in [0.2, 0.25) is 17.7 Å². The molecule has 6 aliphatic heterocycles. The molecule has 6 fully saturated rings. The molecule has 3 saturated heterocycles. The number of ether oxygens (including phenoxy) is 6. The van der Waals surface area contributed by atoms with Crippen LogP contribution in [-0.2, 0) is 132 Å². The maximum Gasteiger partial charge on any atom is 0.353 e. The van der Waals surface area contributed by atoms with E-state index in [1.165, 1.54) is 27.9 Å². The van der Waals surface area contributed by atoms with Crippen LogP contribution in [0.5, 0.6) is 17.5 Å². The molecule has 10 heterocycles. The Morgan fingerprint density at radius 3 is 1.32 bits per heavy atom. The Morgan fingerprint density at radius 2 is 0.898 bits per heavy atom. The molecule has 28 nitrogen and oxygen atoms in total. The van der Waals surface area contributed by atoms with Gasteiger partial charge in [-0.1, -0.05) is 159 Å². The predicted octanol–water partition coefficient (Wildman–Crippen LogP) is 10.3. The van der Waals surface area contributed by atoms with Crippen molar-refractivity contribution in [3.05, 3.63) is 76.6 Å². The van der Waals surface area contributed by atoms with E-state index in [2.05, 4.69) is 43.7 Å². The fourth-order valence-electron chi connectivity index (χ4n) is 17.7. The molecule has 9 aliphatic rings. The number of pyridine rings is 1. The third-order valence-electron chi connectivity index (χ3n) is 25.0. The van der Waals surface area contributed by atoms with Crippen molar-refractivity contribution in [3.8, 4) is 17.5 Å². The molecule has 3 radical (unpaired) electrons. The van der Waals surface area contributed by atoms with Crippen LogP contribution < -0.4 is 31.4 Å². The van der Waals surface area contributed by atoms with Crippen LogP contribution in [-0.4, -0.2) is 177 Å². The first-order valence-corrected chi connectivity index (χ1v) is 42.1. The molecule has 643 valence electrons. The number of nitrogens with two attached hydrogens (primary N) is 2. The summed E-state index contributed by atoms with van der Waals surface area (Å²) < 4.78 is 40.1. The third kappa shape index (κ3) is 23.9. The summed E-state index contributed by atoms with van der Waals surface area (Å²) in [6.07, 6.45) is 35.6. The zero-order valence-electron chi connectivity index (χ0n) is 70.7. The summed E-state index contributed by atoms with van der Waals surface area (Å²) in [5, 5.41) is 0. The number of hydrogen-bond donors (Lipinski definition) is 2. The summed E-state index contributed by atoms with van der Waals surface area (Å²) in [5.74, 6) is -1.41. The Labute approximate surface area is 730 Å². The number of aryl methyl sites for hydroxylation is 2. The quantitative estimate of drug-likeness (QED) is 0.0940. The number of rotatable bonds is 8. The number of esters is 3. The van der Waals surface area contributed by atoms with E-state index in [-0.39, 0.29) is 184 Å². The van der Waals surface area contributed by atoms with Gasteiger partial charge in [-0.2, -0.15) is 9.97 Å². The van der Waals surface area contributed by atoms with Crippen LogP contribution in [0.25, 0.3) is 17.8 Å². The third-order valence-corrected chi connectivity index (χ3v) is 25.0. The minimum Gasteiger partial charge on any atom is -0.540 e. The van der Waals surface area contributed by atoms with E-state index in [1.54, 1.807) is 28.3 Å². The SMILES string of the molecule is CC[C@@H]1[C@@H]2CN(C(=O)[C@H](C(C)(C)C)CC(=O)O[C@@H]3C[C@H]3CCCCCc3cn4ccnc4cc3O2)[C@@H]1[C-]=O.CC[C@@H]1[C@@H]2CN(C(=O)[C@H](C(C)(C)C)CC(=O)O[C@@H]3C[C@H]3CCCCCc3nc(C=CN)ncc3O2)[C@@H]1[C-]=O.CC[C@@H]1[C@@H]2CN(C(=O)[C@H](C(C)(C)C)CC(=O)O[C@@H]3C[C@H]3CCCCCn3c(nc(C=CN)nc3=O)O2)[C@@H]1[C-]=O.[V].[V].[V]. The first-order valence-electron chi connectivity index (χ1n) is 42.1. The molecule has 3 amide bonds. The van der Waals surface area contributed by atoms with Gasteiger partial charge in [-0.15, -0.1) is 0 Å². The van der Waals surface area contributed by atoms with Crippen molar-refractivity contribution in [1.29, 1.82) is 0 Å². The predicted molar refractivity (Wildman–Crippen MR) is 428 cm³/mol. The molecule has 0 spiro atoms. The minimum atomic E-state index is -0.853. The van der Waals surface area contributed by atoms with Gasteiger partial charge in [-0.25, -0.2) is 43.2 Å². The molecule has 4 aromatic rings. The Morgan fingerprint density at radius 1 is 0.483 bits per heavy atom. The topological polar surface area (TPSA) is 362 Å². The Bertz CT molecular complexity index is 4250. The second-order valence-electron chi connectivity index (χ2n) is 36.2. The second kappa shape index (κ2) is 42.4. The molecule has 13 rings (SSSR count). The molecule has 18 atom stereocenters. The molecular weight excluding hydrogens is 1620 g/mol. The maximum atomic E-state index is 14.0. The summed E-state index contributed by atoms with van der Waals surface area (Å²) in [4.78, 5) is 157. The monoisotopic (exact) mass is 1740 g/mol. The fraction of sp³-hybridized carbons (Fsp3) is 0.690. The van der Waals surface area contributed by atoms with Crippen LogP contribution in [0.15, 0.2) is 48.0 Å². The van der Waals surface area contributed by atoms with Gasteiger partial charge in [-0.3, -0.25) is 28.8 Å². The fourth-order valence-corrected chi connectivity index (χ4v) is 17.7. The van der Waals surface area contributed by atoms with E-state index in [1.807, 2.05) is 106 Å². The van der Waals surface area contributed by atoms with Crippen molar-refractivity contribution < 1.29 is 127 Å². The van der Waals surface area contributed by atoms with Gasteiger partial charge in [0.15, 0.2) is 17.4 Å². The van der Waals surface area contributed by atoms with Gasteiger partial charge in [0.05, 0.1) is 68.5 Å². The minimum absolute atomic E-state index is 0. The number of carbonyl (C=O) groups is 6. The van der Waals surface area contributed by atoms with Crippen molar-refractivity contribution in [2.45, 2.75) is 292 Å². The molecule has 3 aliphatic carbocycles. The average Bonchev–Trinajstić information content (AvgIpc) is 1.64. The summed E-state index contributed by atoms with van der Waals surface area (Å²) in [6, 6.07) is -0.268. The van der Waals surface area contributed by atoms with Crippen molar-refractivity contribution >= 4 is 72.3 Å². The first-order chi connectivity index (χ1) is 54.9. The van der Waals surface area contributed by atoms with Gasteiger partial charge >= 0.3 is 29.6 Å². The van der Waals surface area contributed by atoms with E-state index in [0.717, 1.165) is 119 Å². The van der Waals surface area contributed by atoms with Crippen molar-refractivity contribution in [3.63, 3.8) is 0 Å². The van der Waals surface area contributed by atoms with Gasteiger partial charge in [-0.05, 0) is 147 Å². The molecule has 3 saturated carbocycles. The largest absolute Gasteiger partial charge is 0.540 e. The number of fused-ring (bicyclic) bond motifs is 13. The van der Waals surface area contributed by atoms with Gasteiger partial charge in [0.1, 0.15) is 48.0 Å². The zero-order valence-corrected chi connectivity index (χ0v) is 74.9. The number of carbonyl (C=O) groups excluding carboxylic acids is 9. The second-order valence-corrected chi connectivity index (χ2v) is 36.2. The van der Waals surface area contributed by atoms with E-state index in [9.17, 15) is 47.9 Å². The summed E-state index contributed by atoms with van der Waals surface area (Å²) in [7, 11) is 0. The standard InChI is InChI=1S/C30H40N3O5.C29H41N4O5.C28H40N5O6.3V/c1-5-21-23(18-34)33-17-26(21)37-25-15-27-31-11-12-32(27)16-20(25)10-8-6-7-9-19-13-24(19)38-28(35)14-22(29(33)36)30(2,3)4;1-5-19-22(17-34)33-16-25(19)37-24-15-31-26(11-12-30)32-21(24)10-8-6-7-9-18-13-23(18)38-27(35)14-20(28(33)36)29(2,3)4;1-5-18-20(16-34)33-15-22(18)39-27-31-23(10-11-29)30-26(37)32(27)12-8-6-7-9-17-13-21(17)38-24(35)14-19(25(33)36)28(2,3)4;;;/h11-12,15-16,19,21-24,26H,5-10,13-14,17H2,1-4H3;11-12,15,18-20,22-23,25H,5-10,13-14,16,30H2,1-4H3;10-11,17-22H,5-9,12-15,29H2,1-4H3;;;/q3*-1;;;/t19-,21+,22-,23-,24-,26+;18-,19+,20-,22-,23-,25+;17-,18+,19-,20-,21-,22+;;;/m111.../s1. The van der Waals surface area contributed by atoms with E-state index in [4.69, 9.17) is 39.9 Å². The van der Waals surface area contributed by atoms with Crippen molar-refractivity contribution in [1.82, 2.24) is 48.6 Å². The number of nitrogens with zero attached hydrogens (tertiary/aromatic N) is 10. The molecule has 0 aromatic carbocycles. The van der Waals surface area contributed by atoms with Crippen LogP contribution >= 0.6 is 0 Å². The average molecular weight is 1740 g/mol. The maximum absolute atomic E-state index is 14.0. The number of hydrogen-bond acceptors (Lipinski definition) is 23. The van der Waals surface area contributed by atoms with E-state index in [0.29, 0.717) is 68.0 Å². The van der Waals surface area contributed by atoms with Crippen molar-refractivity contribution in [2.75, 3.05) is 19.6 Å². The molecule has 31 heteroatoms. The summed E-state index contributed by atoms with van der Waals surface area (Å²) in [5.41, 5.74) is 11.7. The van der Waals surface area contributed by atoms with Crippen molar-refractivity contribution in [2.24, 2.45) is 81.0 Å². The molecule has 6 bridgehead atoms. The van der Waals surface area contributed by atoms with Crippen LogP contribution in [0, 0.1) is 69.5 Å². The summed E-state index contributed by atoms with van der Waals surface area (Å²) >= 11 is 0. The Balaban J connectivity index is 0.000000218. The van der Waals surface area contributed by atoms with Gasteiger partial charge in [0.25, 0.3) is 0 Å². The molecule has 118 heavy (non-hydrogen) atoms. The Hall–Kier alpha value is -7.36. The van der Waals surface area contributed by atoms with Gasteiger partial charge < -0.3 is 73.4 Å². The van der Waals surface area contributed by atoms with Crippen LogP contribution in [0.2, 0.25) is 0 Å². The van der Waals surface area contributed by atoms with E-state index >= 15 is 0 Å². The smallest absolute Gasteiger partial charge is 0.353 e. The molecule has 4 aromatic heterocycles. The van der Waals surface area contributed by atoms with Crippen LogP contribution in [0.1, 0.15) is 241 Å². The molecular formula is C87H121N12O16V3-3. The Kier molecular flexibility index (Phi) is 34.6. The van der Waals surface area contributed by atoms with Gasteiger partial charge in [0, 0.05) is 92.4 Å². The van der Waals surface area contributed by atoms with Crippen LogP contribution in [0.4, 0.5) is 0 Å². The molecule has 4 N–H and O–H groups in total. The molecule has 0 unspecified atom stereocenters. The van der Waals surface area contributed by atoms with Crippen LogP contribution in [0.3, 0.4) is 0 Å². The number of amides is 3. The zero-order chi connectivity index (χ0) is 82.8. The number of aromatic nitrogens is 7. The summed E-state index contributed by atoms with van der Waals surface area (Å²) in [6.45, 7) is 24.3.